The average Bonchev–Trinajstić information content (AvgIpc) is 2.96. The highest BCUT2D eigenvalue weighted by molar-refractivity contribution is 8.14. The molecule has 0 bridgehead atoms. The van der Waals surface area contributed by atoms with E-state index in [1.54, 1.807) is 11.3 Å². The number of anilines is 1. The molecule has 1 aromatic heterocycles. The quantitative estimate of drug-likeness (QED) is 0.861. The molecule has 3 rings (SSSR count). The van der Waals surface area contributed by atoms with Gasteiger partial charge in [-0.1, -0.05) is 35.2 Å². The van der Waals surface area contributed by atoms with Crippen LogP contribution in [0.5, 0.6) is 0 Å². The van der Waals surface area contributed by atoms with Crippen molar-refractivity contribution in [3.8, 4) is 0 Å². The van der Waals surface area contributed by atoms with Crippen LogP contribution >= 0.6 is 23.1 Å². The predicted octanol–water partition coefficient (Wildman–Crippen LogP) is 2.22. The minimum atomic E-state index is -0.0125. The van der Waals surface area contributed by atoms with Crippen molar-refractivity contribution >= 4 is 49.5 Å². The Hall–Kier alpha value is -1.60. The number of thioether (sulfide) groups is 1. The number of hydrogen-bond donors (Lipinski definition) is 0. The fourth-order valence-corrected chi connectivity index (χ4v) is 3.92. The van der Waals surface area contributed by atoms with Crippen LogP contribution < -0.4 is 4.90 Å². The van der Waals surface area contributed by atoms with E-state index < -0.39 is 0 Å². The van der Waals surface area contributed by atoms with Gasteiger partial charge in [0.05, 0.1) is 16.0 Å². The zero-order valence-electron chi connectivity index (χ0n) is 12.3. The molecule has 1 saturated heterocycles. The highest BCUT2D eigenvalue weighted by atomic mass is 32.2. The standard InChI is InChI=1S/C15H17N3O2S2/c1-11(19)21-10-14(20)17-6-8-18(9-7-17)15-16-12-4-2-3-5-13(12)22-15/h2-5H,6-10H2,1H3. The molecule has 0 radical (unpaired) electrons. The summed E-state index contributed by atoms with van der Waals surface area (Å²) in [5.41, 5.74) is 1.03. The summed E-state index contributed by atoms with van der Waals surface area (Å²) in [6.45, 7) is 4.44. The van der Waals surface area contributed by atoms with Gasteiger partial charge in [0.2, 0.25) is 5.91 Å². The lowest BCUT2D eigenvalue weighted by Crippen LogP contribution is -2.49. The second-order valence-corrected chi connectivity index (χ2v) is 7.27. The topological polar surface area (TPSA) is 53.5 Å². The van der Waals surface area contributed by atoms with E-state index in [4.69, 9.17) is 0 Å². The summed E-state index contributed by atoms with van der Waals surface area (Å²) in [5.74, 6) is 0.292. The van der Waals surface area contributed by atoms with E-state index in [1.807, 2.05) is 23.1 Å². The molecule has 1 fully saturated rings. The Morgan fingerprint density at radius 3 is 2.64 bits per heavy atom. The lowest BCUT2D eigenvalue weighted by molar-refractivity contribution is -0.128. The zero-order chi connectivity index (χ0) is 15.5. The Bertz CT molecular complexity index is 660. The number of rotatable bonds is 3. The molecule has 0 spiro atoms. The van der Waals surface area contributed by atoms with Crippen molar-refractivity contribution in [1.82, 2.24) is 9.88 Å². The predicted molar refractivity (Wildman–Crippen MR) is 91.6 cm³/mol. The number of para-hydroxylation sites is 1. The number of carbonyl (C=O) groups is 2. The van der Waals surface area contributed by atoms with Crippen LogP contribution in [-0.2, 0) is 9.59 Å². The SMILES string of the molecule is CC(=O)SCC(=O)N1CCN(c2nc3ccccc3s2)CC1. The fourth-order valence-electron chi connectivity index (χ4n) is 2.40. The lowest BCUT2D eigenvalue weighted by Gasteiger charge is -2.34. The molecule has 5 nitrogen and oxygen atoms in total. The molecule has 1 aromatic carbocycles. The van der Waals surface area contributed by atoms with Gasteiger partial charge in [-0.15, -0.1) is 0 Å². The molecular weight excluding hydrogens is 318 g/mol. The van der Waals surface area contributed by atoms with Crippen LogP contribution in [0.15, 0.2) is 24.3 Å². The maximum atomic E-state index is 12.0. The van der Waals surface area contributed by atoms with Gasteiger partial charge in [-0.2, -0.15) is 0 Å². The van der Waals surface area contributed by atoms with Gasteiger partial charge >= 0.3 is 0 Å². The van der Waals surface area contributed by atoms with Gasteiger partial charge in [0.1, 0.15) is 0 Å². The molecule has 0 saturated carbocycles. The molecule has 1 aliphatic heterocycles. The Morgan fingerprint density at radius 1 is 1.23 bits per heavy atom. The van der Waals surface area contributed by atoms with Crippen LogP contribution in [0, 0.1) is 0 Å². The summed E-state index contributed by atoms with van der Waals surface area (Å²) in [5, 5.41) is 1.01. The molecule has 1 amide bonds. The first kappa shape index (κ1) is 15.3. The molecule has 22 heavy (non-hydrogen) atoms. The molecule has 2 aromatic rings. The number of aromatic nitrogens is 1. The highest BCUT2D eigenvalue weighted by Crippen LogP contribution is 2.29. The summed E-state index contributed by atoms with van der Waals surface area (Å²) in [6, 6.07) is 8.12. The lowest BCUT2D eigenvalue weighted by atomic mass is 10.3. The summed E-state index contributed by atoms with van der Waals surface area (Å²) < 4.78 is 1.19. The Kier molecular flexibility index (Phi) is 4.63. The molecule has 116 valence electrons. The molecule has 0 N–H and O–H groups in total. The smallest absolute Gasteiger partial charge is 0.233 e. The van der Waals surface area contributed by atoms with Gasteiger partial charge < -0.3 is 9.80 Å². The fraction of sp³-hybridized carbons (Fsp3) is 0.400. The van der Waals surface area contributed by atoms with Gasteiger partial charge in [0.25, 0.3) is 0 Å². The average molecular weight is 335 g/mol. The van der Waals surface area contributed by atoms with E-state index in [9.17, 15) is 9.59 Å². The van der Waals surface area contributed by atoms with Crippen molar-refractivity contribution in [2.75, 3.05) is 36.8 Å². The zero-order valence-corrected chi connectivity index (χ0v) is 14.0. The Balaban J connectivity index is 1.59. The van der Waals surface area contributed by atoms with Crippen molar-refractivity contribution in [3.05, 3.63) is 24.3 Å². The number of benzene rings is 1. The van der Waals surface area contributed by atoms with Crippen molar-refractivity contribution < 1.29 is 9.59 Å². The van der Waals surface area contributed by atoms with E-state index in [0.29, 0.717) is 13.1 Å². The number of piperazine rings is 1. The summed E-state index contributed by atoms with van der Waals surface area (Å²) >= 11 is 2.77. The molecular formula is C15H17N3O2S2. The van der Waals surface area contributed by atoms with Gasteiger partial charge in [0.15, 0.2) is 10.2 Å². The monoisotopic (exact) mass is 335 g/mol. The van der Waals surface area contributed by atoms with E-state index in [1.165, 1.54) is 11.6 Å². The van der Waals surface area contributed by atoms with Crippen LogP contribution in [0.2, 0.25) is 0 Å². The van der Waals surface area contributed by atoms with Gasteiger partial charge in [0, 0.05) is 33.1 Å². The number of nitrogens with zero attached hydrogens (tertiary/aromatic N) is 3. The Labute approximate surface area is 137 Å². The number of hydrogen-bond acceptors (Lipinski definition) is 6. The minimum absolute atomic E-state index is 0.0125. The van der Waals surface area contributed by atoms with Crippen LogP contribution in [-0.4, -0.2) is 52.8 Å². The Morgan fingerprint density at radius 2 is 1.95 bits per heavy atom. The number of carbonyl (C=O) groups excluding carboxylic acids is 2. The third-order valence-corrected chi connectivity index (χ3v) is 5.48. The number of amides is 1. The van der Waals surface area contributed by atoms with Crippen LogP contribution in [0.25, 0.3) is 10.2 Å². The highest BCUT2D eigenvalue weighted by Gasteiger charge is 2.23. The summed E-state index contributed by atoms with van der Waals surface area (Å²) in [7, 11) is 0. The van der Waals surface area contributed by atoms with E-state index in [2.05, 4.69) is 16.0 Å². The third-order valence-electron chi connectivity index (χ3n) is 3.58. The first-order valence-electron chi connectivity index (χ1n) is 7.15. The van der Waals surface area contributed by atoms with Gasteiger partial charge in [-0.05, 0) is 12.1 Å². The van der Waals surface area contributed by atoms with Crippen LogP contribution in [0.3, 0.4) is 0 Å². The maximum Gasteiger partial charge on any atom is 0.233 e. The largest absolute Gasteiger partial charge is 0.345 e. The van der Waals surface area contributed by atoms with E-state index >= 15 is 0 Å². The second kappa shape index (κ2) is 6.66. The number of thiazole rings is 1. The first-order chi connectivity index (χ1) is 10.6. The molecule has 0 unspecified atom stereocenters. The van der Waals surface area contributed by atoms with Crippen molar-refractivity contribution in [2.45, 2.75) is 6.92 Å². The van der Waals surface area contributed by atoms with Crippen molar-refractivity contribution in [1.29, 1.82) is 0 Å². The van der Waals surface area contributed by atoms with Crippen molar-refractivity contribution in [3.63, 3.8) is 0 Å². The second-order valence-electron chi connectivity index (χ2n) is 5.11. The number of fused-ring (bicyclic) bond motifs is 1. The molecule has 0 atom stereocenters. The van der Waals surface area contributed by atoms with Crippen LogP contribution in [0.1, 0.15) is 6.92 Å². The van der Waals surface area contributed by atoms with Crippen molar-refractivity contribution in [2.24, 2.45) is 0 Å². The molecule has 1 aliphatic rings. The maximum absolute atomic E-state index is 12.0. The summed E-state index contributed by atoms with van der Waals surface area (Å²) in [4.78, 5) is 31.7. The van der Waals surface area contributed by atoms with Gasteiger partial charge in [-0.3, -0.25) is 9.59 Å². The first-order valence-corrected chi connectivity index (χ1v) is 8.95. The molecule has 0 aliphatic carbocycles. The van der Waals surface area contributed by atoms with Gasteiger partial charge in [-0.25, -0.2) is 4.98 Å². The van der Waals surface area contributed by atoms with E-state index in [0.717, 1.165) is 35.5 Å². The van der Waals surface area contributed by atoms with E-state index in [-0.39, 0.29) is 16.8 Å². The minimum Gasteiger partial charge on any atom is -0.345 e. The summed E-state index contributed by atoms with van der Waals surface area (Å²) in [6.07, 6.45) is 0. The molecule has 7 heteroatoms. The normalized spacial score (nSPS) is 15.3. The molecule has 2 heterocycles. The van der Waals surface area contributed by atoms with Crippen LogP contribution in [0.4, 0.5) is 5.13 Å². The third kappa shape index (κ3) is 3.41.